The number of amides is 2. The van der Waals surface area contributed by atoms with Crippen LogP contribution in [-0.2, 0) is 0 Å². The van der Waals surface area contributed by atoms with Gasteiger partial charge in [-0.3, -0.25) is 30.6 Å². The molecule has 7 nitrogen and oxygen atoms in total. The molecular weight excluding hydrogens is 318 g/mol. The first-order valence-electron chi connectivity index (χ1n) is 6.51. The van der Waals surface area contributed by atoms with Crippen LogP contribution in [0, 0.1) is 10.1 Å². The van der Waals surface area contributed by atoms with Gasteiger partial charge in [0, 0.05) is 17.2 Å². The molecule has 0 aromatic heterocycles. The summed E-state index contributed by atoms with van der Waals surface area (Å²) in [7, 11) is 0. The van der Waals surface area contributed by atoms with Gasteiger partial charge < -0.3 is 0 Å². The van der Waals surface area contributed by atoms with Gasteiger partial charge >= 0.3 is 0 Å². The number of nitro groups is 1. The van der Waals surface area contributed by atoms with Crippen LogP contribution in [0.25, 0.3) is 0 Å². The van der Waals surface area contributed by atoms with Crippen molar-refractivity contribution in [1.29, 1.82) is 0 Å². The quantitative estimate of drug-likeness (QED) is 0.509. The fourth-order valence-corrected chi connectivity index (χ4v) is 2.37. The fourth-order valence-electron chi connectivity index (χ4n) is 1.82. The first-order chi connectivity index (χ1) is 11.0. The van der Waals surface area contributed by atoms with Crippen LogP contribution >= 0.6 is 11.8 Å². The summed E-state index contributed by atoms with van der Waals surface area (Å²) in [5.41, 5.74) is 4.81. The smallest absolute Gasteiger partial charge is 0.267 e. The van der Waals surface area contributed by atoms with E-state index in [0.29, 0.717) is 10.5 Å². The van der Waals surface area contributed by atoms with Gasteiger partial charge in [0.05, 0.1) is 9.82 Å². The number of hydrogen-bond donors (Lipinski definition) is 2. The van der Waals surface area contributed by atoms with Gasteiger partial charge in [-0.15, -0.1) is 11.8 Å². The van der Waals surface area contributed by atoms with E-state index in [9.17, 15) is 19.7 Å². The Morgan fingerprint density at radius 3 is 2.17 bits per heavy atom. The molecule has 0 bridgehead atoms. The molecule has 8 heteroatoms. The zero-order chi connectivity index (χ0) is 16.8. The van der Waals surface area contributed by atoms with Gasteiger partial charge in [-0.25, -0.2) is 0 Å². The van der Waals surface area contributed by atoms with Crippen LogP contribution < -0.4 is 10.9 Å². The first-order valence-corrected chi connectivity index (χ1v) is 7.73. The Labute approximate surface area is 136 Å². The highest BCUT2D eigenvalue weighted by Gasteiger charge is 2.17. The van der Waals surface area contributed by atoms with Crippen LogP contribution in [-0.4, -0.2) is 23.0 Å². The molecule has 0 fully saturated rings. The molecule has 0 radical (unpaired) electrons. The lowest BCUT2D eigenvalue weighted by Gasteiger charge is -2.08. The maximum atomic E-state index is 12.0. The van der Waals surface area contributed by atoms with E-state index in [-0.39, 0.29) is 11.3 Å². The molecule has 0 aliphatic carbocycles. The summed E-state index contributed by atoms with van der Waals surface area (Å²) in [6, 6.07) is 12.5. The van der Waals surface area contributed by atoms with Crippen molar-refractivity contribution in [2.75, 3.05) is 6.26 Å². The zero-order valence-corrected chi connectivity index (χ0v) is 12.9. The monoisotopic (exact) mass is 331 g/mol. The highest BCUT2D eigenvalue weighted by Crippen LogP contribution is 2.28. The first kappa shape index (κ1) is 16.5. The molecule has 0 unspecified atom stereocenters. The third-order valence-corrected chi connectivity index (χ3v) is 3.75. The van der Waals surface area contributed by atoms with Gasteiger partial charge in [-0.05, 0) is 30.5 Å². The molecule has 23 heavy (non-hydrogen) atoms. The second-order valence-corrected chi connectivity index (χ2v) is 5.27. The fraction of sp³-hybridized carbons (Fsp3) is 0.0667. The summed E-state index contributed by atoms with van der Waals surface area (Å²) in [5.74, 6) is -1.11. The molecule has 0 heterocycles. The van der Waals surface area contributed by atoms with Crippen molar-refractivity contribution in [3.63, 3.8) is 0 Å². The van der Waals surface area contributed by atoms with Crippen LogP contribution in [0.1, 0.15) is 20.7 Å². The summed E-state index contributed by atoms with van der Waals surface area (Å²) in [4.78, 5) is 34.7. The van der Waals surface area contributed by atoms with E-state index >= 15 is 0 Å². The maximum absolute atomic E-state index is 12.0. The minimum absolute atomic E-state index is 0.0860. The summed E-state index contributed by atoms with van der Waals surface area (Å²) < 4.78 is 0. The third-order valence-electron chi connectivity index (χ3n) is 2.96. The Hall–Kier alpha value is -2.87. The van der Waals surface area contributed by atoms with E-state index in [1.165, 1.54) is 30.0 Å². The second-order valence-electron chi connectivity index (χ2n) is 4.42. The summed E-state index contributed by atoms with van der Waals surface area (Å²) >= 11 is 1.22. The maximum Gasteiger partial charge on any atom is 0.283 e. The second kappa shape index (κ2) is 7.41. The molecule has 2 amide bonds. The van der Waals surface area contributed by atoms with Gasteiger partial charge in [0.15, 0.2) is 0 Å². The summed E-state index contributed by atoms with van der Waals surface area (Å²) in [6.07, 6.45) is 1.71. The van der Waals surface area contributed by atoms with Crippen molar-refractivity contribution in [2.24, 2.45) is 0 Å². The predicted molar refractivity (Wildman–Crippen MR) is 86.3 cm³/mol. The standard InChI is InChI=1S/C15H13N3O4S/c1-23-13-8-7-11(9-12(13)18(21)22)15(20)17-16-14(19)10-5-3-2-4-6-10/h2-9H,1H3,(H,16,19)(H,17,20). The summed E-state index contributed by atoms with van der Waals surface area (Å²) in [6.45, 7) is 0. The summed E-state index contributed by atoms with van der Waals surface area (Å²) in [5, 5.41) is 11.0. The number of nitro benzene ring substituents is 1. The SMILES string of the molecule is CSc1ccc(C(=O)NNC(=O)c2ccccc2)cc1[N+](=O)[O-]. The number of benzene rings is 2. The Balaban J connectivity index is 2.08. The van der Waals surface area contributed by atoms with E-state index < -0.39 is 16.7 Å². The topological polar surface area (TPSA) is 101 Å². The molecule has 0 spiro atoms. The van der Waals surface area contributed by atoms with Gasteiger partial charge in [-0.1, -0.05) is 18.2 Å². The number of rotatable bonds is 4. The molecule has 2 aromatic carbocycles. The largest absolute Gasteiger partial charge is 0.283 e. The Morgan fingerprint density at radius 1 is 1.00 bits per heavy atom. The molecule has 0 aliphatic rings. The predicted octanol–water partition coefficient (Wildman–Crippen LogP) is 2.39. The van der Waals surface area contributed by atoms with Crippen LogP contribution in [0.3, 0.4) is 0 Å². The average molecular weight is 331 g/mol. The highest BCUT2D eigenvalue weighted by atomic mass is 32.2. The molecule has 2 aromatic rings. The van der Waals surface area contributed by atoms with Crippen LogP contribution in [0.4, 0.5) is 5.69 Å². The third kappa shape index (κ3) is 4.07. The normalized spacial score (nSPS) is 9.96. The van der Waals surface area contributed by atoms with Crippen molar-refractivity contribution in [1.82, 2.24) is 10.9 Å². The van der Waals surface area contributed by atoms with Crippen molar-refractivity contribution < 1.29 is 14.5 Å². The molecule has 0 atom stereocenters. The number of carbonyl (C=O) groups excluding carboxylic acids is 2. The highest BCUT2D eigenvalue weighted by molar-refractivity contribution is 7.98. The van der Waals surface area contributed by atoms with E-state index in [0.717, 1.165) is 0 Å². The molecule has 0 aliphatic heterocycles. The van der Waals surface area contributed by atoms with Crippen molar-refractivity contribution in [3.8, 4) is 0 Å². The van der Waals surface area contributed by atoms with E-state index in [4.69, 9.17) is 0 Å². The van der Waals surface area contributed by atoms with E-state index in [1.807, 2.05) is 0 Å². The number of thioether (sulfide) groups is 1. The Kier molecular flexibility index (Phi) is 5.32. The minimum atomic E-state index is -0.634. The zero-order valence-electron chi connectivity index (χ0n) is 12.1. The Bertz CT molecular complexity index is 750. The van der Waals surface area contributed by atoms with E-state index in [1.54, 1.807) is 36.6 Å². The lowest BCUT2D eigenvalue weighted by atomic mass is 10.2. The lowest BCUT2D eigenvalue weighted by Crippen LogP contribution is -2.41. The number of carbonyl (C=O) groups is 2. The minimum Gasteiger partial charge on any atom is -0.267 e. The Morgan fingerprint density at radius 2 is 1.61 bits per heavy atom. The van der Waals surface area contributed by atoms with Gasteiger partial charge in [0.2, 0.25) is 0 Å². The van der Waals surface area contributed by atoms with Crippen LogP contribution in [0.2, 0.25) is 0 Å². The van der Waals surface area contributed by atoms with Crippen molar-refractivity contribution >= 4 is 29.3 Å². The molecule has 2 rings (SSSR count). The number of hydrogen-bond acceptors (Lipinski definition) is 5. The molecule has 0 saturated heterocycles. The molecule has 0 saturated carbocycles. The van der Waals surface area contributed by atoms with E-state index in [2.05, 4.69) is 10.9 Å². The van der Waals surface area contributed by atoms with Gasteiger partial charge in [0.25, 0.3) is 17.5 Å². The van der Waals surface area contributed by atoms with Crippen LogP contribution in [0.15, 0.2) is 53.4 Å². The molecular formula is C15H13N3O4S. The van der Waals surface area contributed by atoms with Crippen molar-refractivity contribution in [3.05, 3.63) is 69.8 Å². The lowest BCUT2D eigenvalue weighted by molar-refractivity contribution is -0.387. The molecule has 118 valence electrons. The number of nitrogens with zero attached hydrogens (tertiary/aromatic N) is 1. The van der Waals surface area contributed by atoms with Gasteiger partial charge in [0.1, 0.15) is 0 Å². The van der Waals surface area contributed by atoms with Gasteiger partial charge in [-0.2, -0.15) is 0 Å². The van der Waals surface area contributed by atoms with Crippen molar-refractivity contribution in [2.45, 2.75) is 4.90 Å². The van der Waals surface area contributed by atoms with Crippen LogP contribution in [0.5, 0.6) is 0 Å². The average Bonchev–Trinajstić information content (AvgIpc) is 2.59. The molecule has 2 N–H and O–H groups in total. The number of hydrazine groups is 1. The number of nitrogens with one attached hydrogen (secondary N) is 2.